The molecule has 0 saturated heterocycles. The highest BCUT2D eigenvalue weighted by molar-refractivity contribution is 5.81. The molecule has 2 unspecified atom stereocenters. The minimum atomic E-state index is -0.372. The molecule has 0 aliphatic carbocycles. The highest BCUT2D eigenvalue weighted by Gasteiger charge is 2.16. The molecule has 0 fully saturated rings. The van der Waals surface area contributed by atoms with Gasteiger partial charge in [0, 0.05) is 32.1 Å². The molecule has 0 aliphatic heterocycles. The van der Waals surface area contributed by atoms with Gasteiger partial charge >= 0.3 is 0 Å². The van der Waals surface area contributed by atoms with Gasteiger partial charge in [-0.15, -0.1) is 0 Å². The molecule has 20 heavy (non-hydrogen) atoms. The number of nitrogens with zero attached hydrogens (tertiary/aromatic N) is 2. The van der Waals surface area contributed by atoms with Crippen LogP contribution in [-0.4, -0.2) is 34.7 Å². The minimum Gasteiger partial charge on any atom is -0.393 e. The second-order valence-corrected chi connectivity index (χ2v) is 5.43. The van der Waals surface area contributed by atoms with Gasteiger partial charge in [-0.2, -0.15) is 5.10 Å². The number of hydrogen-bond acceptors (Lipinski definition) is 3. The van der Waals surface area contributed by atoms with Gasteiger partial charge in [-0.1, -0.05) is 25.1 Å². The number of fused-ring (bicyclic) bond motifs is 1. The van der Waals surface area contributed by atoms with Crippen LogP contribution in [0.1, 0.15) is 26.0 Å². The van der Waals surface area contributed by atoms with E-state index >= 15 is 0 Å². The molecule has 0 aliphatic rings. The van der Waals surface area contributed by atoms with Crippen LogP contribution in [0.15, 0.2) is 24.3 Å². The number of para-hydroxylation sites is 1. The lowest BCUT2D eigenvalue weighted by atomic mass is 10.00. The molecule has 2 atom stereocenters. The number of methoxy groups -OCH3 is 1. The first-order valence-corrected chi connectivity index (χ1v) is 7.27. The summed E-state index contributed by atoms with van der Waals surface area (Å²) in [6.07, 6.45) is 0.965. The zero-order valence-electron chi connectivity index (χ0n) is 12.5. The van der Waals surface area contributed by atoms with Crippen LogP contribution >= 0.6 is 0 Å². The molecule has 2 rings (SSSR count). The van der Waals surface area contributed by atoms with Gasteiger partial charge in [0.1, 0.15) is 0 Å². The molecule has 1 heterocycles. The van der Waals surface area contributed by atoms with Crippen molar-refractivity contribution < 1.29 is 9.84 Å². The summed E-state index contributed by atoms with van der Waals surface area (Å²) in [5.41, 5.74) is 2.13. The molecule has 1 aromatic heterocycles. The van der Waals surface area contributed by atoms with Crippen LogP contribution in [0, 0.1) is 5.92 Å². The third-order valence-electron chi connectivity index (χ3n) is 3.59. The van der Waals surface area contributed by atoms with Gasteiger partial charge < -0.3 is 9.84 Å². The van der Waals surface area contributed by atoms with E-state index in [0.29, 0.717) is 18.9 Å². The van der Waals surface area contributed by atoms with E-state index in [-0.39, 0.29) is 6.10 Å². The fraction of sp³-hybridized carbons (Fsp3) is 0.562. The lowest BCUT2D eigenvalue weighted by molar-refractivity contribution is 0.101. The van der Waals surface area contributed by atoms with Crippen LogP contribution in [0.4, 0.5) is 0 Å². The van der Waals surface area contributed by atoms with Crippen molar-refractivity contribution in [2.24, 2.45) is 5.92 Å². The Labute approximate surface area is 120 Å². The van der Waals surface area contributed by atoms with E-state index in [4.69, 9.17) is 4.74 Å². The lowest BCUT2D eigenvalue weighted by Gasteiger charge is -2.14. The summed E-state index contributed by atoms with van der Waals surface area (Å²) in [5, 5.41) is 16.0. The number of aromatic nitrogens is 2. The summed E-state index contributed by atoms with van der Waals surface area (Å²) >= 11 is 0. The molecule has 4 nitrogen and oxygen atoms in total. The lowest BCUT2D eigenvalue weighted by Crippen LogP contribution is -2.18. The second kappa shape index (κ2) is 6.86. The Kier molecular flexibility index (Phi) is 5.15. The molecule has 0 spiro atoms. The smallest absolute Gasteiger partial charge is 0.0729 e. The van der Waals surface area contributed by atoms with Crippen LogP contribution in [0.25, 0.3) is 10.9 Å². The highest BCUT2D eigenvalue weighted by atomic mass is 16.5. The summed E-state index contributed by atoms with van der Waals surface area (Å²) in [5.74, 6) is 0.356. The van der Waals surface area contributed by atoms with Crippen LogP contribution in [0.5, 0.6) is 0 Å². The predicted octanol–water partition coefficient (Wildman–Crippen LogP) is 2.63. The maximum Gasteiger partial charge on any atom is 0.0729 e. The van der Waals surface area contributed by atoms with Gasteiger partial charge in [-0.3, -0.25) is 4.68 Å². The largest absolute Gasteiger partial charge is 0.393 e. The SMILES string of the molecule is CCn1nc(CC(O)CC(C)COC)c2ccccc21. The predicted molar refractivity (Wildman–Crippen MR) is 80.8 cm³/mol. The van der Waals surface area contributed by atoms with Gasteiger partial charge in [-0.25, -0.2) is 0 Å². The fourth-order valence-corrected chi connectivity index (χ4v) is 2.71. The second-order valence-electron chi connectivity index (χ2n) is 5.43. The van der Waals surface area contributed by atoms with Gasteiger partial charge in [0.25, 0.3) is 0 Å². The van der Waals surface area contributed by atoms with Crippen molar-refractivity contribution >= 4 is 10.9 Å². The monoisotopic (exact) mass is 276 g/mol. The average Bonchev–Trinajstić information content (AvgIpc) is 2.77. The van der Waals surface area contributed by atoms with Crippen LogP contribution in [0.3, 0.4) is 0 Å². The molecule has 0 radical (unpaired) electrons. The van der Waals surface area contributed by atoms with Gasteiger partial charge in [0.2, 0.25) is 0 Å². The summed E-state index contributed by atoms with van der Waals surface area (Å²) in [4.78, 5) is 0. The first-order chi connectivity index (χ1) is 9.65. The normalized spacial score (nSPS) is 14.6. The van der Waals surface area contributed by atoms with E-state index in [1.54, 1.807) is 7.11 Å². The topological polar surface area (TPSA) is 47.3 Å². The number of benzene rings is 1. The van der Waals surface area contributed by atoms with Crippen molar-refractivity contribution in [1.29, 1.82) is 0 Å². The zero-order valence-corrected chi connectivity index (χ0v) is 12.5. The standard InChI is InChI=1S/C16H24N2O2/c1-4-18-16-8-6-5-7-14(16)15(17-18)10-13(19)9-12(2)11-20-3/h5-8,12-13,19H,4,9-11H2,1-3H3. The van der Waals surface area contributed by atoms with Gasteiger partial charge in [0.05, 0.1) is 17.3 Å². The number of aliphatic hydroxyl groups excluding tert-OH is 1. The quantitative estimate of drug-likeness (QED) is 0.845. The molecule has 2 aromatic rings. The Balaban J connectivity index is 2.13. The van der Waals surface area contributed by atoms with Crippen molar-refractivity contribution in [3.05, 3.63) is 30.0 Å². The average molecular weight is 276 g/mol. The maximum absolute atomic E-state index is 10.2. The van der Waals surface area contributed by atoms with Crippen molar-refractivity contribution in [2.45, 2.75) is 39.3 Å². The Morgan fingerprint density at radius 3 is 2.80 bits per heavy atom. The third kappa shape index (κ3) is 3.38. The van der Waals surface area contributed by atoms with Crippen LogP contribution in [0.2, 0.25) is 0 Å². The number of aryl methyl sites for hydroxylation is 1. The summed E-state index contributed by atoms with van der Waals surface area (Å²) in [6.45, 7) is 5.70. The Morgan fingerprint density at radius 1 is 1.35 bits per heavy atom. The highest BCUT2D eigenvalue weighted by Crippen LogP contribution is 2.21. The molecule has 0 bridgehead atoms. The van der Waals surface area contributed by atoms with E-state index in [1.165, 1.54) is 0 Å². The summed E-state index contributed by atoms with van der Waals surface area (Å²) in [7, 11) is 1.69. The zero-order chi connectivity index (χ0) is 14.5. The Hall–Kier alpha value is -1.39. The molecule has 110 valence electrons. The first-order valence-electron chi connectivity index (χ1n) is 7.27. The Morgan fingerprint density at radius 2 is 2.10 bits per heavy atom. The summed E-state index contributed by atoms with van der Waals surface area (Å²) < 4.78 is 7.11. The van der Waals surface area contributed by atoms with Crippen molar-refractivity contribution in [2.75, 3.05) is 13.7 Å². The van der Waals surface area contributed by atoms with Crippen LogP contribution in [-0.2, 0) is 17.7 Å². The number of ether oxygens (including phenoxy) is 1. The van der Waals surface area contributed by atoms with Gasteiger partial charge in [-0.05, 0) is 25.3 Å². The van der Waals surface area contributed by atoms with Crippen molar-refractivity contribution in [3.8, 4) is 0 Å². The van der Waals surface area contributed by atoms with Crippen LogP contribution < -0.4 is 0 Å². The number of aliphatic hydroxyl groups is 1. The molecular weight excluding hydrogens is 252 g/mol. The minimum absolute atomic E-state index is 0.356. The molecule has 1 aromatic carbocycles. The van der Waals surface area contributed by atoms with E-state index in [9.17, 15) is 5.11 Å². The maximum atomic E-state index is 10.2. The van der Waals surface area contributed by atoms with E-state index < -0.39 is 0 Å². The molecular formula is C16H24N2O2. The number of hydrogen-bond donors (Lipinski definition) is 1. The number of rotatable bonds is 7. The third-order valence-corrected chi connectivity index (χ3v) is 3.59. The Bertz CT molecular complexity index is 550. The van der Waals surface area contributed by atoms with E-state index in [1.807, 2.05) is 16.8 Å². The van der Waals surface area contributed by atoms with Crippen molar-refractivity contribution in [1.82, 2.24) is 9.78 Å². The van der Waals surface area contributed by atoms with E-state index in [0.717, 1.165) is 29.6 Å². The molecule has 1 N–H and O–H groups in total. The summed E-state index contributed by atoms with van der Waals surface area (Å²) in [6, 6.07) is 8.20. The van der Waals surface area contributed by atoms with Crippen molar-refractivity contribution in [3.63, 3.8) is 0 Å². The fourth-order valence-electron chi connectivity index (χ4n) is 2.71. The van der Waals surface area contributed by atoms with Gasteiger partial charge in [0.15, 0.2) is 0 Å². The first kappa shape index (κ1) is 15.0. The molecule has 0 amide bonds. The van der Waals surface area contributed by atoms with E-state index in [2.05, 4.69) is 31.1 Å². The molecule has 0 saturated carbocycles. The molecule has 4 heteroatoms.